The van der Waals surface area contributed by atoms with Gasteiger partial charge in [0.15, 0.2) is 0 Å². The average Bonchev–Trinajstić information content (AvgIpc) is 2.48. The number of hydrogen-bond acceptors (Lipinski definition) is 3. The molecule has 0 spiro atoms. The van der Waals surface area contributed by atoms with Crippen LogP contribution in [-0.4, -0.2) is 12.6 Å². The number of benzene rings is 2. The molecule has 20 heavy (non-hydrogen) atoms. The van der Waals surface area contributed by atoms with Crippen molar-refractivity contribution in [2.75, 3.05) is 12.3 Å². The lowest BCUT2D eigenvalue weighted by atomic mass is 10.1. The number of aryl methyl sites for hydroxylation is 1. The fourth-order valence-electron chi connectivity index (χ4n) is 2.00. The summed E-state index contributed by atoms with van der Waals surface area (Å²) in [6, 6.07) is 17.3. The molecule has 2 rings (SSSR count). The van der Waals surface area contributed by atoms with Gasteiger partial charge >= 0.3 is 5.97 Å². The highest BCUT2D eigenvalue weighted by Gasteiger charge is 2.09. The van der Waals surface area contributed by atoms with Gasteiger partial charge in [-0.3, -0.25) is 0 Å². The van der Waals surface area contributed by atoms with Gasteiger partial charge in [-0.1, -0.05) is 42.5 Å². The van der Waals surface area contributed by atoms with E-state index in [1.807, 2.05) is 18.2 Å². The Balaban J connectivity index is 1.69. The summed E-state index contributed by atoms with van der Waals surface area (Å²) >= 11 is 0. The molecule has 0 saturated heterocycles. The van der Waals surface area contributed by atoms with E-state index < -0.39 is 0 Å². The zero-order valence-corrected chi connectivity index (χ0v) is 11.4. The molecule has 3 heteroatoms. The van der Waals surface area contributed by atoms with Crippen molar-refractivity contribution in [3.63, 3.8) is 0 Å². The molecule has 0 fully saturated rings. The standard InChI is InChI=1S/C17H19NO2/c18-16-12-5-4-11-15(16)17(19)20-13-7-6-10-14-8-2-1-3-9-14/h1-5,8-9,11-12H,6-7,10,13,18H2. The maximum Gasteiger partial charge on any atom is 0.340 e. The van der Waals surface area contributed by atoms with Crippen LogP contribution in [0.4, 0.5) is 5.69 Å². The Bertz CT molecular complexity index is 552. The number of nitrogen functional groups attached to an aromatic ring is 1. The highest BCUT2D eigenvalue weighted by Crippen LogP contribution is 2.12. The summed E-state index contributed by atoms with van der Waals surface area (Å²) in [5.74, 6) is -0.345. The van der Waals surface area contributed by atoms with E-state index in [4.69, 9.17) is 10.5 Å². The van der Waals surface area contributed by atoms with Crippen molar-refractivity contribution in [2.24, 2.45) is 0 Å². The van der Waals surface area contributed by atoms with Gasteiger partial charge in [0, 0.05) is 5.69 Å². The zero-order chi connectivity index (χ0) is 14.2. The Hall–Kier alpha value is -2.29. The number of hydrogen-bond donors (Lipinski definition) is 1. The SMILES string of the molecule is Nc1ccccc1C(=O)OCCCCc1ccccc1. The van der Waals surface area contributed by atoms with Crippen LogP contribution in [0, 0.1) is 0 Å². The van der Waals surface area contributed by atoms with E-state index in [9.17, 15) is 4.79 Å². The van der Waals surface area contributed by atoms with Gasteiger partial charge in [-0.05, 0) is 37.0 Å². The number of anilines is 1. The largest absolute Gasteiger partial charge is 0.462 e. The topological polar surface area (TPSA) is 52.3 Å². The maximum absolute atomic E-state index is 11.8. The van der Waals surface area contributed by atoms with Crippen LogP contribution < -0.4 is 5.73 Å². The Labute approximate surface area is 119 Å². The second kappa shape index (κ2) is 7.34. The Morgan fingerprint density at radius 1 is 0.950 bits per heavy atom. The van der Waals surface area contributed by atoms with Crippen molar-refractivity contribution in [3.8, 4) is 0 Å². The first-order chi connectivity index (χ1) is 9.77. The number of carbonyl (C=O) groups excluding carboxylic acids is 1. The van der Waals surface area contributed by atoms with Crippen molar-refractivity contribution in [1.29, 1.82) is 0 Å². The number of rotatable bonds is 6. The third-order valence-electron chi connectivity index (χ3n) is 3.12. The Morgan fingerprint density at radius 3 is 2.40 bits per heavy atom. The van der Waals surface area contributed by atoms with Gasteiger partial charge in [-0.2, -0.15) is 0 Å². The first kappa shape index (κ1) is 14.1. The average molecular weight is 269 g/mol. The summed E-state index contributed by atoms with van der Waals surface area (Å²) in [4.78, 5) is 11.8. The summed E-state index contributed by atoms with van der Waals surface area (Å²) in [6.07, 6.45) is 2.86. The van der Waals surface area contributed by atoms with Crippen LogP contribution in [0.1, 0.15) is 28.8 Å². The third kappa shape index (κ3) is 4.12. The van der Waals surface area contributed by atoms with Gasteiger partial charge < -0.3 is 10.5 Å². The van der Waals surface area contributed by atoms with E-state index in [1.165, 1.54) is 5.56 Å². The molecule has 2 aromatic rings. The molecule has 0 aliphatic heterocycles. The summed E-state index contributed by atoms with van der Waals surface area (Å²) in [5, 5.41) is 0. The lowest BCUT2D eigenvalue weighted by Gasteiger charge is -2.06. The molecule has 2 N–H and O–H groups in total. The van der Waals surface area contributed by atoms with Gasteiger partial charge in [0.05, 0.1) is 12.2 Å². The number of unbranched alkanes of at least 4 members (excludes halogenated alkanes) is 1. The van der Waals surface area contributed by atoms with E-state index in [0.717, 1.165) is 19.3 Å². The summed E-state index contributed by atoms with van der Waals surface area (Å²) in [6.45, 7) is 0.431. The smallest absolute Gasteiger partial charge is 0.340 e. The molecule has 0 amide bonds. The van der Waals surface area contributed by atoms with E-state index in [1.54, 1.807) is 24.3 Å². The van der Waals surface area contributed by atoms with Crippen molar-refractivity contribution in [1.82, 2.24) is 0 Å². The van der Waals surface area contributed by atoms with E-state index in [0.29, 0.717) is 17.9 Å². The second-order valence-corrected chi connectivity index (χ2v) is 4.67. The molecule has 0 atom stereocenters. The minimum absolute atomic E-state index is 0.345. The van der Waals surface area contributed by atoms with Gasteiger partial charge in [0.25, 0.3) is 0 Å². The minimum Gasteiger partial charge on any atom is -0.462 e. The van der Waals surface area contributed by atoms with Crippen molar-refractivity contribution < 1.29 is 9.53 Å². The lowest BCUT2D eigenvalue weighted by Crippen LogP contribution is -2.09. The van der Waals surface area contributed by atoms with Gasteiger partial charge in [0.1, 0.15) is 0 Å². The molecule has 104 valence electrons. The highest BCUT2D eigenvalue weighted by atomic mass is 16.5. The fourth-order valence-corrected chi connectivity index (χ4v) is 2.00. The van der Waals surface area contributed by atoms with Gasteiger partial charge in [0.2, 0.25) is 0 Å². The van der Waals surface area contributed by atoms with Crippen molar-refractivity contribution in [3.05, 3.63) is 65.7 Å². The second-order valence-electron chi connectivity index (χ2n) is 4.67. The zero-order valence-electron chi connectivity index (χ0n) is 11.4. The van der Waals surface area contributed by atoms with Gasteiger partial charge in [-0.25, -0.2) is 4.79 Å². The molecule has 2 aromatic carbocycles. The van der Waals surface area contributed by atoms with E-state index in [2.05, 4.69) is 12.1 Å². The molecule has 0 radical (unpaired) electrons. The summed E-state index contributed by atoms with van der Waals surface area (Å²) in [5.41, 5.74) is 7.94. The van der Waals surface area contributed by atoms with Crippen LogP contribution in [-0.2, 0) is 11.2 Å². The van der Waals surface area contributed by atoms with Crippen LogP contribution >= 0.6 is 0 Å². The molecule has 3 nitrogen and oxygen atoms in total. The molecule has 0 saturated carbocycles. The molecule has 0 aliphatic rings. The first-order valence-corrected chi connectivity index (χ1v) is 6.83. The molecule has 0 aromatic heterocycles. The first-order valence-electron chi connectivity index (χ1n) is 6.83. The molecular formula is C17H19NO2. The number of esters is 1. The third-order valence-corrected chi connectivity index (χ3v) is 3.12. The molecule has 0 bridgehead atoms. The summed E-state index contributed by atoms with van der Waals surface area (Å²) in [7, 11) is 0. The fraction of sp³-hybridized carbons (Fsp3) is 0.235. The van der Waals surface area contributed by atoms with Crippen LogP contribution in [0.3, 0.4) is 0 Å². The van der Waals surface area contributed by atoms with Crippen molar-refractivity contribution in [2.45, 2.75) is 19.3 Å². The van der Waals surface area contributed by atoms with E-state index in [-0.39, 0.29) is 5.97 Å². The summed E-state index contributed by atoms with van der Waals surface area (Å²) < 4.78 is 5.23. The quantitative estimate of drug-likeness (QED) is 0.496. The van der Waals surface area contributed by atoms with Crippen LogP contribution in [0.25, 0.3) is 0 Å². The number of carbonyl (C=O) groups is 1. The van der Waals surface area contributed by atoms with Crippen molar-refractivity contribution >= 4 is 11.7 Å². The molecule has 0 aliphatic carbocycles. The number of nitrogens with two attached hydrogens (primary N) is 1. The number of ether oxygens (including phenoxy) is 1. The van der Waals surface area contributed by atoms with E-state index >= 15 is 0 Å². The van der Waals surface area contributed by atoms with Crippen LogP contribution in [0.2, 0.25) is 0 Å². The monoisotopic (exact) mass is 269 g/mol. The van der Waals surface area contributed by atoms with Crippen LogP contribution in [0.5, 0.6) is 0 Å². The lowest BCUT2D eigenvalue weighted by molar-refractivity contribution is 0.0500. The normalized spacial score (nSPS) is 10.2. The minimum atomic E-state index is -0.345. The predicted molar refractivity (Wildman–Crippen MR) is 80.5 cm³/mol. The molecule has 0 unspecified atom stereocenters. The highest BCUT2D eigenvalue weighted by molar-refractivity contribution is 5.94. The van der Waals surface area contributed by atoms with Gasteiger partial charge in [-0.15, -0.1) is 0 Å². The maximum atomic E-state index is 11.8. The Kier molecular flexibility index (Phi) is 5.18. The molecular weight excluding hydrogens is 250 g/mol. The molecule has 0 heterocycles. The Morgan fingerprint density at radius 2 is 1.65 bits per heavy atom. The number of para-hydroxylation sites is 1. The van der Waals surface area contributed by atoms with Crippen LogP contribution in [0.15, 0.2) is 54.6 Å². The predicted octanol–water partition coefficient (Wildman–Crippen LogP) is 3.45.